The maximum atomic E-state index is 12.1. The normalized spacial score (nSPS) is 10.7. The second kappa shape index (κ2) is 6.06. The zero-order valence-corrected chi connectivity index (χ0v) is 11.3. The van der Waals surface area contributed by atoms with Crippen LogP contribution in [0, 0.1) is 22.5 Å². The number of amides is 1. The molecule has 0 spiro atoms. The maximum Gasteiger partial charge on any atom is 0.310 e. The molecule has 0 aliphatic carbocycles. The number of nitro benzene ring substituents is 1. The van der Waals surface area contributed by atoms with Gasteiger partial charge in [-0.05, 0) is 25.0 Å². The number of rotatable bonds is 5. The average Bonchev–Trinajstić information content (AvgIpc) is 2.44. The maximum absolute atomic E-state index is 12.1. The van der Waals surface area contributed by atoms with Gasteiger partial charge in [-0.1, -0.05) is 19.8 Å². The smallest absolute Gasteiger partial charge is 0.310 e. The van der Waals surface area contributed by atoms with Crippen LogP contribution in [0.3, 0.4) is 0 Å². The lowest BCUT2D eigenvalue weighted by atomic mass is 9.93. The van der Waals surface area contributed by atoms with E-state index in [1.807, 2.05) is 13.8 Å². The van der Waals surface area contributed by atoms with Crippen LogP contribution in [0.5, 0.6) is 5.75 Å². The van der Waals surface area contributed by atoms with E-state index in [1.54, 1.807) is 0 Å². The second-order valence-corrected chi connectivity index (χ2v) is 4.35. The second-order valence-electron chi connectivity index (χ2n) is 4.35. The van der Waals surface area contributed by atoms with E-state index in [0.717, 1.165) is 12.1 Å². The Kier molecular flexibility index (Phi) is 4.70. The fourth-order valence-corrected chi connectivity index (χ4v) is 1.78. The first-order valence-electron chi connectivity index (χ1n) is 6.16. The topological polar surface area (TPSA) is 92.5 Å². The SMILES string of the molecule is C#CC(CC)(CC)NC(=O)c1ccc([N+](=O)[O-])c(O)c1. The zero-order valence-electron chi connectivity index (χ0n) is 11.3. The molecule has 0 saturated carbocycles. The van der Waals surface area contributed by atoms with Crippen molar-refractivity contribution in [1.29, 1.82) is 0 Å². The lowest BCUT2D eigenvalue weighted by Crippen LogP contribution is -2.46. The molecule has 0 atom stereocenters. The molecule has 1 rings (SSSR count). The van der Waals surface area contributed by atoms with E-state index < -0.39 is 27.8 Å². The Morgan fingerprint density at radius 2 is 2.10 bits per heavy atom. The molecule has 6 nitrogen and oxygen atoms in total. The van der Waals surface area contributed by atoms with Crippen molar-refractivity contribution in [3.8, 4) is 18.1 Å². The molecule has 2 N–H and O–H groups in total. The molecule has 0 aromatic heterocycles. The highest BCUT2D eigenvalue weighted by Crippen LogP contribution is 2.26. The molecular weight excluding hydrogens is 260 g/mol. The van der Waals surface area contributed by atoms with Crippen molar-refractivity contribution >= 4 is 11.6 Å². The summed E-state index contributed by atoms with van der Waals surface area (Å²) < 4.78 is 0. The van der Waals surface area contributed by atoms with Gasteiger partial charge < -0.3 is 10.4 Å². The summed E-state index contributed by atoms with van der Waals surface area (Å²) in [6, 6.07) is 3.42. The molecule has 1 aromatic carbocycles. The van der Waals surface area contributed by atoms with Gasteiger partial charge in [0, 0.05) is 11.6 Å². The molecule has 0 unspecified atom stereocenters. The molecule has 106 valence electrons. The van der Waals surface area contributed by atoms with Gasteiger partial charge in [0.1, 0.15) is 5.54 Å². The van der Waals surface area contributed by atoms with Crippen molar-refractivity contribution in [2.24, 2.45) is 0 Å². The van der Waals surface area contributed by atoms with Gasteiger partial charge in [0.2, 0.25) is 0 Å². The minimum Gasteiger partial charge on any atom is -0.502 e. The summed E-state index contributed by atoms with van der Waals surface area (Å²) in [6.45, 7) is 3.72. The first-order valence-corrected chi connectivity index (χ1v) is 6.16. The molecule has 6 heteroatoms. The first-order chi connectivity index (χ1) is 9.39. The summed E-state index contributed by atoms with van der Waals surface area (Å²) in [6.07, 6.45) is 6.57. The van der Waals surface area contributed by atoms with Gasteiger partial charge in [0.05, 0.1) is 4.92 Å². The zero-order chi connectivity index (χ0) is 15.3. The standard InChI is InChI=1S/C14H16N2O4/c1-4-14(5-2,6-3)15-13(18)10-7-8-11(16(19)20)12(17)9-10/h1,7-9,17H,5-6H2,2-3H3,(H,15,18). The monoisotopic (exact) mass is 276 g/mol. The van der Waals surface area contributed by atoms with Crippen molar-refractivity contribution < 1.29 is 14.8 Å². The van der Waals surface area contributed by atoms with Crippen molar-refractivity contribution in [3.63, 3.8) is 0 Å². The summed E-state index contributed by atoms with van der Waals surface area (Å²) in [7, 11) is 0. The summed E-state index contributed by atoms with van der Waals surface area (Å²) in [5.41, 5.74) is -1.08. The third-order valence-corrected chi connectivity index (χ3v) is 3.27. The Morgan fingerprint density at radius 3 is 2.50 bits per heavy atom. The fraction of sp³-hybridized carbons (Fsp3) is 0.357. The summed E-state index contributed by atoms with van der Waals surface area (Å²) in [5.74, 6) is 1.53. The molecular formula is C14H16N2O4. The van der Waals surface area contributed by atoms with Crippen LogP contribution < -0.4 is 5.32 Å². The first kappa shape index (κ1) is 15.5. The van der Waals surface area contributed by atoms with Crippen molar-refractivity contribution in [1.82, 2.24) is 5.32 Å². The number of carbonyl (C=O) groups is 1. The minimum atomic E-state index is -0.755. The number of phenolic OH excluding ortho intramolecular Hbond substituents is 1. The van der Waals surface area contributed by atoms with Crippen LogP contribution in [0.4, 0.5) is 5.69 Å². The number of nitrogens with one attached hydrogen (secondary N) is 1. The highest BCUT2D eigenvalue weighted by molar-refractivity contribution is 5.95. The molecule has 1 amide bonds. The van der Waals surface area contributed by atoms with Gasteiger partial charge in [-0.15, -0.1) is 6.42 Å². The number of phenols is 1. The number of terminal acetylenes is 1. The number of carbonyl (C=O) groups excluding carboxylic acids is 1. The summed E-state index contributed by atoms with van der Waals surface area (Å²) in [5, 5.41) is 22.8. The number of nitrogens with zero attached hydrogens (tertiary/aromatic N) is 1. The van der Waals surface area contributed by atoms with Gasteiger partial charge in [0.15, 0.2) is 5.75 Å². The number of hydrogen-bond donors (Lipinski definition) is 2. The van der Waals surface area contributed by atoms with Crippen molar-refractivity contribution in [2.75, 3.05) is 0 Å². The predicted octanol–water partition coefficient (Wildman–Crippen LogP) is 2.22. The van der Waals surface area contributed by atoms with E-state index in [4.69, 9.17) is 6.42 Å². The molecule has 20 heavy (non-hydrogen) atoms. The van der Waals surface area contributed by atoms with Crippen LogP contribution in [0.15, 0.2) is 18.2 Å². The molecule has 1 aromatic rings. The Labute approximate surface area is 117 Å². The third-order valence-electron chi connectivity index (χ3n) is 3.27. The van der Waals surface area contributed by atoms with E-state index in [0.29, 0.717) is 12.8 Å². The molecule has 0 aliphatic heterocycles. The van der Waals surface area contributed by atoms with E-state index in [2.05, 4.69) is 11.2 Å². The lowest BCUT2D eigenvalue weighted by molar-refractivity contribution is -0.385. The lowest BCUT2D eigenvalue weighted by Gasteiger charge is -2.27. The Hall–Kier alpha value is -2.55. The van der Waals surface area contributed by atoms with Gasteiger partial charge >= 0.3 is 5.69 Å². The van der Waals surface area contributed by atoms with Crippen LogP contribution in [0.2, 0.25) is 0 Å². The van der Waals surface area contributed by atoms with Gasteiger partial charge in [-0.25, -0.2) is 0 Å². The predicted molar refractivity (Wildman–Crippen MR) is 74.4 cm³/mol. The van der Waals surface area contributed by atoms with E-state index in [1.165, 1.54) is 6.07 Å². The van der Waals surface area contributed by atoms with Crippen LogP contribution in [-0.2, 0) is 0 Å². The van der Waals surface area contributed by atoms with Crippen molar-refractivity contribution in [3.05, 3.63) is 33.9 Å². The molecule has 0 aliphatic rings. The number of benzene rings is 1. The average molecular weight is 276 g/mol. The fourth-order valence-electron chi connectivity index (χ4n) is 1.78. The Morgan fingerprint density at radius 1 is 1.50 bits per heavy atom. The van der Waals surface area contributed by atoms with E-state index >= 15 is 0 Å². The number of hydrogen-bond acceptors (Lipinski definition) is 4. The number of nitro groups is 1. The molecule has 0 bridgehead atoms. The molecule has 0 heterocycles. The molecule has 0 saturated heterocycles. The van der Waals surface area contributed by atoms with Crippen LogP contribution in [-0.4, -0.2) is 21.5 Å². The highest BCUT2D eigenvalue weighted by Gasteiger charge is 2.26. The van der Waals surface area contributed by atoms with Crippen LogP contribution in [0.1, 0.15) is 37.0 Å². The van der Waals surface area contributed by atoms with Crippen molar-refractivity contribution in [2.45, 2.75) is 32.2 Å². The third kappa shape index (κ3) is 3.06. The van der Waals surface area contributed by atoms with Crippen LogP contribution >= 0.6 is 0 Å². The summed E-state index contributed by atoms with van der Waals surface area (Å²) >= 11 is 0. The summed E-state index contributed by atoms with van der Waals surface area (Å²) in [4.78, 5) is 22.0. The molecule has 0 radical (unpaired) electrons. The van der Waals surface area contributed by atoms with E-state index in [-0.39, 0.29) is 5.56 Å². The molecule has 0 fully saturated rings. The minimum absolute atomic E-state index is 0.120. The largest absolute Gasteiger partial charge is 0.502 e. The quantitative estimate of drug-likeness (QED) is 0.490. The Bertz CT molecular complexity index is 571. The van der Waals surface area contributed by atoms with Crippen LogP contribution in [0.25, 0.3) is 0 Å². The number of aromatic hydroxyl groups is 1. The van der Waals surface area contributed by atoms with E-state index in [9.17, 15) is 20.0 Å². The van der Waals surface area contributed by atoms with Gasteiger partial charge in [0.25, 0.3) is 5.91 Å². The van der Waals surface area contributed by atoms with Gasteiger partial charge in [-0.3, -0.25) is 14.9 Å². The van der Waals surface area contributed by atoms with Gasteiger partial charge in [-0.2, -0.15) is 0 Å². The Balaban J connectivity index is 3.02. The highest BCUT2D eigenvalue weighted by atomic mass is 16.6.